The van der Waals surface area contributed by atoms with E-state index < -0.39 is 22.0 Å². The Labute approximate surface area is 220 Å². The van der Waals surface area contributed by atoms with Crippen LogP contribution in [0.25, 0.3) is 0 Å². The second-order valence-corrected chi connectivity index (χ2v) is 10.6. The van der Waals surface area contributed by atoms with Crippen LogP contribution in [0.2, 0.25) is 0 Å². The third-order valence-corrected chi connectivity index (χ3v) is 9.39. The molecule has 0 spiro atoms. The molecule has 0 aromatic heterocycles. The van der Waals surface area contributed by atoms with E-state index in [1.807, 2.05) is 133 Å². The second kappa shape index (κ2) is 6.96. The molecule has 0 saturated carbocycles. The van der Waals surface area contributed by atoms with Gasteiger partial charge in [-0.2, -0.15) is 0 Å². The molecular weight excluding hydrogens is 468 g/mol. The van der Waals surface area contributed by atoms with Crippen molar-refractivity contribution in [1.29, 1.82) is 0 Å². The highest BCUT2D eigenvalue weighted by atomic mass is 16.3. The monoisotopic (exact) mass is 492 g/mol. The van der Waals surface area contributed by atoms with E-state index in [-0.39, 0.29) is 5.78 Å². The molecule has 182 valence electrons. The second-order valence-electron chi connectivity index (χ2n) is 10.6. The lowest BCUT2D eigenvalue weighted by Crippen LogP contribution is -2.63. The summed E-state index contributed by atoms with van der Waals surface area (Å²) in [7, 11) is 0. The number of ketones is 1. The summed E-state index contributed by atoms with van der Waals surface area (Å²) in [5.74, 6) is -0.252. The van der Waals surface area contributed by atoms with E-state index in [9.17, 15) is 10.2 Å². The van der Waals surface area contributed by atoms with Crippen LogP contribution in [0.5, 0.6) is 0 Å². The largest absolute Gasteiger partial charge is 0.379 e. The third kappa shape index (κ3) is 1.95. The average molecular weight is 493 g/mol. The minimum absolute atomic E-state index is 0.252. The number of carbonyl (C=O) groups is 1. The summed E-state index contributed by atoms with van der Waals surface area (Å²) in [6.07, 6.45) is 0. The fourth-order valence-corrected chi connectivity index (χ4v) is 8.31. The van der Waals surface area contributed by atoms with Gasteiger partial charge < -0.3 is 10.2 Å². The lowest BCUT2D eigenvalue weighted by Gasteiger charge is -2.51. The van der Waals surface area contributed by atoms with Crippen molar-refractivity contribution in [2.45, 2.75) is 16.6 Å². The van der Waals surface area contributed by atoms with E-state index in [0.717, 1.165) is 16.7 Å². The van der Waals surface area contributed by atoms with E-state index in [1.165, 1.54) is 0 Å². The van der Waals surface area contributed by atoms with Crippen LogP contribution < -0.4 is 0 Å². The van der Waals surface area contributed by atoms with Gasteiger partial charge >= 0.3 is 0 Å². The Morgan fingerprint density at radius 3 is 1.26 bits per heavy atom. The summed E-state index contributed by atoms with van der Waals surface area (Å²) in [5.41, 5.74) is -0.992. The van der Waals surface area contributed by atoms with Crippen molar-refractivity contribution in [3.05, 3.63) is 178 Å². The van der Waals surface area contributed by atoms with Gasteiger partial charge in [0.15, 0.2) is 5.78 Å². The van der Waals surface area contributed by atoms with Crippen molar-refractivity contribution >= 4 is 5.78 Å². The van der Waals surface area contributed by atoms with Gasteiger partial charge in [0.1, 0.15) is 16.6 Å². The van der Waals surface area contributed by atoms with Gasteiger partial charge in [-0.05, 0) is 38.9 Å². The van der Waals surface area contributed by atoms with Gasteiger partial charge in [0.05, 0.1) is 5.41 Å². The maximum Gasteiger partial charge on any atom is 0.178 e. The van der Waals surface area contributed by atoms with Crippen LogP contribution in [-0.4, -0.2) is 16.0 Å². The average Bonchev–Trinajstić information content (AvgIpc) is 3.46. The van der Waals surface area contributed by atoms with E-state index in [2.05, 4.69) is 0 Å². The SMILES string of the molecule is O=C1c2ccccc2C23c4ccccc4[C@@](O)(c4ccccc4)C12[C@](O)(c1ccccc1)c1ccccc13. The number of aliphatic hydroxyl groups is 2. The minimum atomic E-state index is -1.84. The molecule has 38 heavy (non-hydrogen) atoms. The molecule has 0 aliphatic heterocycles. The number of Topliss-reactive ketones (excluding diaryl/α,β-unsaturated/α-hetero) is 1. The molecule has 3 heteroatoms. The lowest BCUT2D eigenvalue weighted by molar-refractivity contribution is -0.138. The number of fused-ring (bicyclic) bond motifs is 3. The van der Waals surface area contributed by atoms with Gasteiger partial charge in [0.2, 0.25) is 0 Å². The Morgan fingerprint density at radius 2 is 0.789 bits per heavy atom. The van der Waals surface area contributed by atoms with E-state index in [0.29, 0.717) is 27.8 Å². The van der Waals surface area contributed by atoms with Crippen molar-refractivity contribution in [3.63, 3.8) is 0 Å². The summed E-state index contributed by atoms with van der Waals surface area (Å²) in [6, 6.07) is 42.0. The number of rotatable bonds is 2. The molecule has 0 radical (unpaired) electrons. The Morgan fingerprint density at radius 1 is 0.421 bits per heavy atom. The zero-order chi connectivity index (χ0) is 25.8. The molecule has 3 aliphatic carbocycles. The van der Waals surface area contributed by atoms with Gasteiger partial charge in [-0.25, -0.2) is 0 Å². The number of carbonyl (C=O) groups excluding carboxylic acids is 1. The number of hydrogen-bond acceptors (Lipinski definition) is 3. The highest BCUT2D eigenvalue weighted by Gasteiger charge is 2.88. The van der Waals surface area contributed by atoms with Crippen LogP contribution in [-0.2, 0) is 16.6 Å². The number of benzene rings is 5. The summed E-state index contributed by atoms with van der Waals surface area (Å²) in [5, 5.41) is 26.9. The van der Waals surface area contributed by atoms with Gasteiger partial charge in [0, 0.05) is 5.56 Å². The quantitative estimate of drug-likeness (QED) is 0.332. The molecule has 2 N–H and O–H groups in total. The van der Waals surface area contributed by atoms with Crippen LogP contribution in [0.15, 0.2) is 133 Å². The Kier molecular flexibility index (Phi) is 3.98. The van der Waals surface area contributed by atoms with E-state index in [4.69, 9.17) is 0 Å². The van der Waals surface area contributed by atoms with Crippen LogP contribution >= 0.6 is 0 Å². The zero-order valence-corrected chi connectivity index (χ0v) is 20.5. The van der Waals surface area contributed by atoms with Crippen molar-refractivity contribution in [1.82, 2.24) is 0 Å². The molecule has 0 bridgehead atoms. The number of hydrogen-bond donors (Lipinski definition) is 2. The van der Waals surface area contributed by atoms with Crippen LogP contribution in [0.1, 0.15) is 49.3 Å². The first kappa shape index (κ1) is 21.7. The van der Waals surface area contributed by atoms with Crippen LogP contribution in [0.4, 0.5) is 0 Å². The van der Waals surface area contributed by atoms with Gasteiger partial charge in [-0.15, -0.1) is 0 Å². The Hall–Kier alpha value is -4.31. The first-order valence-corrected chi connectivity index (χ1v) is 13.0. The fourth-order valence-electron chi connectivity index (χ4n) is 8.31. The van der Waals surface area contributed by atoms with Crippen molar-refractivity contribution in [2.24, 2.45) is 5.41 Å². The smallest absolute Gasteiger partial charge is 0.178 e. The standard InChI is InChI=1S/C35H24O3/c36-31-25-17-7-8-18-26(25)32-27-19-9-11-21-29(27)33(37,23-13-3-1-4-14-23)35(31,32)34(38,24-15-5-2-6-16-24)30-22-12-10-20-28(30)32/h1-22,37-38H/t32?,33-,34-,35?/m0/s1. The molecule has 8 rings (SSSR count). The molecule has 5 aromatic carbocycles. The van der Waals surface area contributed by atoms with Crippen LogP contribution in [0.3, 0.4) is 0 Å². The predicted molar refractivity (Wildman–Crippen MR) is 145 cm³/mol. The van der Waals surface area contributed by atoms with Gasteiger partial charge in [0.25, 0.3) is 0 Å². The summed E-state index contributed by atoms with van der Waals surface area (Å²) < 4.78 is 0. The van der Waals surface area contributed by atoms with Crippen molar-refractivity contribution in [3.8, 4) is 0 Å². The van der Waals surface area contributed by atoms with Crippen molar-refractivity contribution < 1.29 is 15.0 Å². The molecule has 0 unspecified atom stereocenters. The van der Waals surface area contributed by atoms with Gasteiger partial charge in [-0.3, -0.25) is 4.79 Å². The fraction of sp³-hybridized carbons (Fsp3) is 0.114. The van der Waals surface area contributed by atoms with E-state index in [1.54, 1.807) is 0 Å². The molecule has 3 aliphatic rings. The maximum atomic E-state index is 15.3. The van der Waals surface area contributed by atoms with Crippen molar-refractivity contribution in [2.75, 3.05) is 0 Å². The topological polar surface area (TPSA) is 57.5 Å². The summed E-state index contributed by atoms with van der Waals surface area (Å²) in [6.45, 7) is 0. The minimum Gasteiger partial charge on any atom is -0.379 e. The van der Waals surface area contributed by atoms with E-state index >= 15 is 4.79 Å². The maximum absolute atomic E-state index is 15.3. The highest BCUT2D eigenvalue weighted by molar-refractivity contribution is 6.14. The predicted octanol–water partition coefficient (Wildman–Crippen LogP) is 5.70. The van der Waals surface area contributed by atoms with Gasteiger partial charge in [-0.1, -0.05) is 133 Å². The normalized spacial score (nSPS) is 29.8. The summed E-state index contributed by atoms with van der Waals surface area (Å²) in [4.78, 5) is 15.3. The summed E-state index contributed by atoms with van der Waals surface area (Å²) >= 11 is 0. The molecule has 3 nitrogen and oxygen atoms in total. The first-order chi connectivity index (χ1) is 18.6. The molecule has 2 atom stereocenters. The lowest BCUT2D eigenvalue weighted by atomic mass is 9.51. The highest BCUT2D eigenvalue weighted by Crippen LogP contribution is 2.82. The molecular formula is C35H24O3. The van der Waals surface area contributed by atoms with Crippen LogP contribution in [0, 0.1) is 5.41 Å². The molecule has 0 amide bonds. The zero-order valence-electron chi connectivity index (χ0n) is 20.5. The molecule has 5 aromatic rings. The molecule has 0 fully saturated rings. The molecule has 0 saturated heterocycles. The first-order valence-electron chi connectivity index (χ1n) is 13.0. The third-order valence-electron chi connectivity index (χ3n) is 9.39. The Balaban J connectivity index is 1.69. The Bertz CT molecular complexity index is 1680. The molecule has 0 heterocycles.